The molecule has 0 saturated carbocycles. The van der Waals surface area contributed by atoms with Crippen LogP contribution in [-0.2, 0) is 4.79 Å². The third-order valence-corrected chi connectivity index (χ3v) is 2.74. The molecule has 96 valence electrons. The topological polar surface area (TPSA) is 69.0 Å². The van der Waals surface area contributed by atoms with Crippen molar-refractivity contribution in [1.82, 2.24) is 4.98 Å². The first kappa shape index (κ1) is 12.8. The summed E-state index contributed by atoms with van der Waals surface area (Å²) < 4.78 is 0. The highest BCUT2D eigenvalue weighted by Crippen LogP contribution is 2.29. The normalized spacial score (nSPS) is 9.95. The fourth-order valence-electron chi connectivity index (χ4n) is 1.89. The number of hydrogen-bond donors (Lipinski definition) is 1. The van der Waals surface area contributed by atoms with Gasteiger partial charge in [-0.3, -0.25) is 9.78 Å². The van der Waals surface area contributed by atoms with Crippen molar-refractivity contribution in [3.05, 3.63) is 30.5 Å². The van der Waals surface area contributed by atoms with Crippen LogP contribution in [0.4, 0.5) is 11.4 Å². The van der Waals surface area contributed by atoms with Gasteiger partial charge >= 0.3 is 0 Å². The molecule has 2 aromatic rings. The highest BCUT2D eigenvalue weighted by molar-refractivity contribution is 6.05. The van der Waals surface area contributed by atoms with Gasteiger partial charge in [0.15, 0.2) is 0 Å². The molecule has 0 aliphatic carbocycles. The van der Waals surface area contributed by atoms with E-state index in [2.05, 4.69) is 10.3 Å². The van der Waals surface area contributed by atoms with Gasteiger partial charge in [0.05, 0.1) is 23.0 Å². The van der Waals surface area contributed by atoms with Crippen molar-refractivity contribution in [3.8, 4) is 6.07 Å². The second-order valence-corrected chi connectivity index (χ2v) is 4.31. The average molecular weight is 254 g/mol. The first-order valence-corrected chi connectivity index (χ1v) is 5.85. The number of nitriles is 1. The van der Waals surface area contributed by atoms with Crippen LogP contribution in [0, 0.1) is 11.3 Å². The highest BCUT2D eigenvalue weighted by atomic mass is 16.1. The number of benzene rings is 1. The molecule has 0 bridgehead atoms. The summed E-state index contributed by atoms with van der Waals surface area (Å²) in [7, 11) is 3.88. The van der Waals surface area contributed by atoms with Crippen LogP contribution in [0.5, 0.6) is 0 Å². The lowest BCUT2D eigenvalue weighted by Crippen LogP contribution is -2.13. The molecule has 0 unspecified atom stereocenters. The van der Waals surface area contributed by atoms with Crippen molar-refractivity contribution >= 4 is 28.2 Å². The van der Waals surface area contributed by atoms with E-state index in [4.69, 9.17) is 5.26 Å². The predicted octanol–water partition coefficient (Wildman–Crippen LogP) is 2.15. The molecule has 1 aromatic heterocycles. The molecular weight excluding hydrogens is 240 g/mol. The zero-order valence-corrected chi connectivity index (χ0v) is 10.8. The van der Waals surface area contributed by atoms with E-state index < -0.39 is 0 Å². The molecule has 0 atom stereocenters. The molecule has 1 amide bonds. The van der Waals surface area contributed by atoms with E-state index in [1.165, 1.54) is 0 Å². The lowest BCUT2D eigenvalue weighted by atomic mass is 10.1. The Bertz CT molecular complexity index is 658. The van der Waals surface area contributed by atoms with Crippen molar-refractivity contribution in [2.45, 2.75) is 6.42 Å². The fraction of sp³-hybridized carbons (Fsp3) is 0.214. The first-order valence-electron chi connectivity index (χ1n) is 5.85. The highest BCUT2D eigenvalue weighted by Gasteiger charge is 2.10. The van der Waals surface area contributed by atoms with Crippen LogP contribution < -0.4 is 10.2 Å². The fourth-order valence-corrected chi connectivity index (χ4v) is 1.89. The van der Waals surface area contributed by atoms with Crippen molar-refractivity contribution in [2.75, 3.05) is 24.3 Å². The number of fused-ring (bicyclic) bond motifs is 1. The summed E-state index contributed by atoms with van der Waals surface area (Å²) in [6.45, 7) is 0. The van der Waals surface area contributed by atoms with Crippen LogP contribution in [0.15, 0.2) is 30.5 Å². The number of carbonyl (C=O) groups is 1. The molecule has 5 nitrogen and oxygen atoms in total. The predicted molar refractivity (Wildman–Crippen MR) is 74.9 cm³/mol. The Balaban J connectivity index is 2.50. The molecular formula is C14H14N4O. The van der Waals surface area contributed by atoms with E-state index in [-0.39, 0.29) is 12.3 Å². The standard InChI is InChI=1S/C14H14N4O/c1-18(2)12-6-5-11(17-13(19)7-8-15)10-4-3-9-16-14(10)12/h3-6,9H,7H2,1-2H3,(H,17,19). The molecule has 0 aliphatic heterocycles. The third kappa shape index (κ3) is 2.63. The Morgan fingerprint density at radius 1 is 1.42 bits per heavy atom. The number of anilines is 2. The lowest BCUT2D eigenvalue weighted by Gasteiger charge is -2.16. The summed E-state index contributed by atoms with van der Waals surface area (Å²) in [5.41, 5.74) is 2.48. The SMILES string of the molecule is CN(C)c1ccc(NC(=O)CC#N)c2cccnc12. The number of nitrogens with zero attached hydrogens (tertiary/aromatic N) is 3. The lowest BCUT2D eigenvalue weighted by molar-refractivity contribution is -0.115. The summed E-state index contributed by atoms with van der Waals surface area (Å²) in [5, 5.41) is 12.1. The van der Waals surface area contributed by atoms with Gasteiger partial charge in [0.2, 0.25) is 5.91 Å². The molecule has 0 spiro atoms. The van der Waals surface area contributed by atoms with E-state index in [0.717, 1.165) is 16.6 Å². The Morgan fingerprint density at radius 3 is 2.89 bits per heavy atom. The zero-order valence-electron chi connectivity index (χ0n) is 10.8. The number of rotatable bonds is 3. The second kappa shape index (κ2) is 5.36. The summed E-state index contributed by atoms with van der Waals surface area (Å²) in [6, 6.07) is 9.28. The molecule has 1 heterocycles. The third-order valence-electron chi connectivity index (χ3n) is 2.74. The van der Waals surface area contributed by atoms with Crippen LogP contribution in [0.25, 0.3) is 10.9 Å². The molecule has 0 aliphatic rings. The van der Waals surface area contributed by atoms with E-state index in [1.54, 1.807) is 6.20 Å². The second-order valence-electron chi connectivity index (χ2n) is 4.31. The quantitative estimate of drug-likeness (QED) is 0.911. The van der Waals surface area contributed by atoms with Crippen molar-refractivity contribution in [1.29, 1.82) is 5.26 Å². The molecule has 5 heteroatoms. The van der Waals surface area contributed by atoms with Gasteiger partial charge in [-0.1, -0.05) is 0 Å². The van der Waals surface area contributed by atoms with Crippen molar-refractivity contribution < 1.29 is 4.79 Å². The number of hydrogen-bond acceptors (Lipinski definition) is 4. The van der Waals surface area contributed by atoms with Gasteiger partial charge in [0, 0.05) is 25.7 Å². The Hall–Kier alpha value is -2.61. The van der Waals surface area contributed by atoms with Crippen LogP contribution in [0.2, 0.25) is 0 Å². The number of carbonyl (C=O) groups excluding carboxylic acids is 1. The van der Waals surface area contributed by atoms with E-state index >= 15 is 0 Å². The average Bonchev–Trinajstić information content (AvgIpc) is 2.39. The maximum Gasteiger partial charge on any atom is 0.238 e. The maximum absolute atomic E-state index is 11.5. The Kier molecular flexibility index (Phi) is 3.62. The van der Waals surface area contributed by atoms with Crippen LogP contribution in [0.3, 0.4) is 0 Å². The van der Waals surface area contributed by atoms with Gasteiger partial charge in [-0.2, -0.15) is 5.26 Å². The van der Waals surface area contributed by atoms with Crippen molar-refractivity contribution in [2.24, 2.45) is 0 Å². The largest absolute Gasteiger partial charge is 0.376 e. The van der Waals surface area contributed by atoms with Crippen LogP contribution >= 0.6 is 0 Å². The zero-order chi connectivity index (χ0) is 13.8. The Labute approximate surface area is 111 Å². The molecule has 1 aromatic carbocycles. The van der Waals surface area contributed by atoms with E-state index in [1.807, 2.05) is 49.3 Å². The molecule has 1 N–H and O–H groups in total. The van der Waals surface area contributed by atoms with Gasteiger partial charge in [-0.15, -0.1) is 0 Å². The molecule has 0 fully saturated rings. The van der Waals surface area contributed by atoms with Crippen LogP contribution in [0.1, 0.15) is 6.42 Å². The summed E-state index contributed by atoms with van der Waals surface area (Å²) in [5.74, 6) is -0.315. The first-order chi connectivity index (χ1) is 9.13. The number of nitrogens with one attached hydrogen (secondary N) is 1. The molecule has 0 saturated heterocycles. The summed E-state index contributed by atoms with van der Waals surface area (Å²) in [4.78, 5) is 17.8. The van der Waals surface area contributed by atoms with E-state index in [0.29, 0.717) is 5.69 Å². The molecule has 19 heavy (non-hydrogen) atoms. The minimum Gasteiger partial charge on any atom is -0.376 e. The van der Waals surface area contributed by atoms with E-state index in [9.17, 15) is 4.79 Å². The van der Waals surface area contributed by atoms with Crippen LogP contribution in [-0.4, -0.2) is 25.0 Å². The Morgan fingerprint density at radius 2 is 2.21 bits per heavy atom. The van der Waals surface area contributed by atoms with Gasteiger partial charge in [0.1, 0.15) is 6.42 Å². The summed E-state index contributed by atoms with van der Waals surface area (Å²) in [6.07, 6.45) is 1.56. The van der Waals surface area contributed by atoms with Crippen molar-refractivity contribution in [3.63, 3.8) is 0 Å². The van der Waals surface area contributed by atoms with Gasteiger partial charge < -0.3 is 10.2 Å². The maximum atomic E-state index is 11.5. The molecule has 0 radical (unpaired) electrons. The molecule has 2 rings (SSSR count). The smallest absolute Gasteiger partial charge is 0.238 e. The minimum atomic E-state index is -0.315. The van der Waals surface area contributed by atoms with Gasteiger partial charge in [0.25, 0.3) is 0 Å². The number of pyridine rings is 1. The monoisotopic (exact) mass is 254 g/mol. The summed E-state index contributed by atoms with van der Waals surface area (Å²) >= 11 is 0. The number of amides is 1. The minimum absolute atomic E-state index is 0.156. The van der Waals surface area contributed by atoms with Gasteiger partial charge in [-0.05, 0) is 24.3 Å². The van der Waals surface area contributed by atoms with Gasteiger partial charge in [-0.25, -0.2) is 0 Å². The number of aromatic nitrogens is 1.